The van der Waals surface area contributed by atoms with E-state index in [2.05, 4.69) is 37.4 Å². The van der Waals surface area contributed by atoms with Crippen LogP contribution in [0.15, 0.2) is 67.3 Å². The molecule has 5 rings (SSSR count). The SMILES string of the molecule is Cc1cc(Nc2ncnc3ccc(C#CC4OC(=O)NC4(C)C)cc23)ccc1Oc1cccnc1. The number of cyclic esters (lactones) is 1. The number of alkyl carbamates (subject to hydrolysis) is 1. The Kier molecular flexibility index (Phi) is 5.67. The molecule has 0 saturated carbocycles. The molecule has 8 heteroatoms. The second-order valence-electron chi connectivity index (χ2n) is 8.75. The van der Waals surface area contributed by atoms with Gasteiger partial charge >= 0.3 is 6.09 Å². The van der Waals surface area contributed by atoms with Crippen LogP contribution in [0, 0.1) is 18.8 Å². The Labute approximate surface area is 202 Å². The predicted molar refractivity (Wildman–Crippen MR) is 133 cm³/mol. The van der Waals surface area contributed by atoms with Crippen molar-refractivity contribution in [3.63, 3.8) is 0 Å². The first-order chi connectivity index (χ1) is 16.9. The number of fused-ring (bicyclic) bond motifs is 1. The molecule has 2 N–H and O–H groups in total. The highest BCUT2D eigenvalue weighted by Crippen LogP contribution is 2.30. The number of benzene rings is 2. The van der Waals surface area contributed by atoms with Crippen molar-refractivity contribution in [2.24, 2.45) is 0 Å². The summed E-state index contributed by atoms with van der Waals surface area (Å²) in [6.45, 7) is 5.74. The number of nitrogens with zero attached hydrogens (tertiary/aromatic N) is 3. The van der Waals surface area contributed by atoms with Gasteiger partial charge in [-0.05, 0) is 74.9 Å². The van der Waals surface area contributed by atoms with Crippen molar-refractivity contribution < 1.29 is 14.3 Å². The number of rotatable bonds is 4. The van der Waals surface area contributed by atoms with E-state index in [9.17, 15) is 4.79 Å². The van der Waals surface area contributed by atoms with E-state index in [1.165, 1.54) is 6.33 Å². The van der Waals surface area contributed by atoms with E-state index >= 15 is 0 Å². The first kappa shape index (κ1) is 22.2. The van der Waals surface area contributed by atoms with Crippen LogP contribution in [0.4, 0.5) is 16.3 Å². The lowest BCUT2D eigenvalue weighted by atomic mass is 9.99. The molecule has 35 heavy (non-hydrogen) atoms. The highest BCUT2D eigenvalue weighted by Gasteiger charge is 2.40. The molecule has 1 fully saturated rings. The van der Waals surface area contributed by atoms with E-state index in [0.29, 0.717) is 11.6 Å². The molecule has 2 aromatic heterocycles. The zero-order valence-corrected chi connectivity index (χ0v) is 19.5. The second-order valence-corrected chi connectivity index (χ2v) is 8.75. The van der Waals surface area contributed by atoms with Crippen LogP contribution >= 0.6 is 0 Å². The average Bonchev–Trinajstić information content (AvgIpc) is 3.11. The van der Waals surface area contributed by atoms with Crippen molar-refractivity contribution in [1.29, 1.82) is 0 Å². The van der Waals surface area contributed by atoms with Gasteiger partial charge in [0.15, 0.2) is 6.10 Å². The molecule has 1 unspecified atom stereocenters. The van der Waals surface area contributed by atoms with Crippen molar-refractivity contribution in [3.8, 4) is 23.3 Å². The van der Waals surface area contributed by atoms with Crippen LogP contribution in [0.2, 0.25) is 0 Å². The molecular formula is C27H23N5O3. The van der Waals surface area contributed by atoms with Gasteiger partial charge in [0.2, 0.25) is 0 Å². The van der Waals surface area contributed by atoms with Crippen molar-refractivity contribution >= 4 is 28.5 Å². The van der Waals surface area contributed by atoms with E-state index in [-0.39, 0.29) is 0 Å². The Morgan fingerprint density at radius 1 is 1.14 bits per heavy atom. The summed E-state index contributed by atoms with van der Waals surface area (Å²) in [4.78, 5) is 24.5. The fourth-order valence-electron chi connectivity index (χ4n) is 3.72. The maximum atomic E-state index is 11.6. The van der Waals surface area contributed by atoms with E-state index < -0.39 is 17.7 Å². The third kappa shape index (κ3) is 4.84. The molecule has 0 aliphatic carbocycles. The largest absolute Gasteiger partial charge is 0.455 e. The lowest BCUT2D eigenvalue weighted by molar-refractivity contribution is 0.149. The van der Waals surface area contributed by atoms with Crippen LogP contribution in [-0.4, -0.2) is 32.7 Å². The number of carbonyl (C=O) groups excluding carboxylic acids is 1. The zero-order valence-electron chi connectivity index (χ0n) is 19.5. The maximum absolute atomic E-state index is 11.6. The summed E-state index contributed by atoms with van der Waals surface area (Å²) in [7, 11) is 0. The Hall–Kier alpha value is -4.64. The number of anilines is 2. The fraction of sp³-hybridized carbons (Fsp3) is 0.185. The lowest BCUT2D eigenvalue weighted by Gasteiger charge is -2.18. The number of ether oxygens (including phenoxy) is 2. The summed E-state index contributed by atoms with van der Waals surface area (Å²) in [5.41, 5.74) is 2.83. The molecule has 174 valence electrons. The number of pyridine rings is 1. The number of hydrogen-bond acceptors (Lipinski definition) is 7. The van der Waals surface area contributed by atoms with Crippen LogP contribution < -0.4 is 15.4 Å². The molecule has 1 aliphatic rings. The number of carbonyl (C=O) groups is 1. The van der Waals surface area contributed by atoms with Gasteiger partial charge in [0.1, 0.15) is 23.6 Å². The number of aryl methyl sites for hydroxylation is 1. The van der Waals surface area contributed by atoms with Gasteiger partial charge < -0.3 is 20.1 Å². The molecular weight excluding hydrogens is 442 g/mol. The van der Waals surface area contributed by atoms with Crippen LogP contribution in [0.1, 0.15) is 25.0 Å². The van der Waals surface area contributed by atoms with Crippen molar-refractivity contribution in [1.82, 2.24) is 20.3 Å². The van der Waals surface area contributed by atoms with Crippen molar-refractivity contribution in [2.75, 3.05) is 5.32 Å². The van der Waals surface area contributed by atoms with Gasteiger partial charge in [-0.2, -0.15) is 0 Å². The minimum atomic E-state index is -0.554. The van der Waals surface area contributed by atoms with E-state index in [4.69, 9.17) is 9.47 Å². The number of aromatic nitrogens is 3. The maximum Gasteiger partial charge on any atom is 0.409 e. The molecule has 1 saturated heterocycles. The predicted octanol–water partition coefficient (Wildman–Crippen LogP) is 5.11. The van der Waals surface area contributed by atoms with Crippen LogP contribution in [0.5, 0.6) is 11.5 Å². The summed E-state index contributed by atoms with van der Waals surface area (Å²) in [5.74, 6) is 8.25. The van der Waals surface area contributed by atoms with Crippen LogP contribution in [-0.2, 0) is 4.74 Å². The Balaban J connectivity index is 1.40. The quantitative estimate of drug-likeness (QED) is 0.404. The molecule has 0 bridgehead atoms. The number of hydrogen-bond donors (Lipinski definition) is 2. The molecule has 8 nitrogen and oxygen atoms in total. The number of amides is 1. The third-order valence-corrected chi connectivity index (χ3v) is 5.59. The summed E-state index contributed by atoms with van der Waals surface area (Å²) in [6, 6.07) is 15.2. The standard InChI is InChI=1S/C27H23N5O3/c1-17-13-19(8-10-23(17)34-20-5-4-12-28-15-20)31-25-21-14-18(6-9-22(21)29-16-30-25)7-11-24-27(2,3)32-26(33)35-24/h4-6,8-10,12-16,24H,1-3H3,(H,32,33)(H,29,30,31). The topological polar surface area (TPSA) is 98.3 Å². The van der Waals surface area contributed by atoms with Gasteiger partial charge in [0.05, 0.1) is 17.3 Å². The Morgan fingerprint density at radius 2 is 2.03 bits per heavy atom. The molecule has 1 atom stereocenters. The summed E-state index contributed by atoms with van der Waals surface area (Å²) >= 11 is 0. The summed E-state index contributed by atoms with van der Waals surface area (Å²) in [6.07, 6.45) is 3.91. The highest BCUT2D eigenvalue weighted by atomic mass is 16.6. The fourth-order valence-corrected chi connectivity index (χ4v) is 3.72. The average molecular weight is 466 g/mol. The van der Waals surface area contributed by atoms with Gasteiger partial charge in [0.25, 0.3) is 0 Å². The normalized spacial score (nSPS) is 16.1. The van der Waals surface area contributed by atoms with Gasteiger partial charge in [0, 0.05) is 22.8 Å². The van der Waals surface area contributed by atoms with Crippen molar-refractivity contribution in [2.45, 2.75) is 32.4 Å². The highest BCUT2D eigenvalue weighted by molar-refractivity contribution is 5.91. The minimum Gasteiger partial charge on any atom is -0.455 e. The molecule has 4 aromatic rings. The summed E-state index contributed by atoms with van der Waals surface area (Å²) in [5, 5.41) is 6.96. The second kappa shape index (κ2) is 8.95. The lowest BCUT2D eigenvalue weighted by Crippen LogP contribution is -2.41. The zero-order chi connectivity index (χ0) is 24.4. The molecule has 0 spiro atoms. The Morgan fingerprint density at radius 3 is 2.77 bits per heavy atom. The van der Waals surface area contributed by atoms with Crippen LogP contribution in [0.3, 0.4) is 0 Å². The third-order valence-electron chi connectivity index (χ3n) is 5.59. The molecule has 1 aliphatic heterocycles. The minimum absolute atomic E-state index is 0.458. The van der Waals surface area contributed by atoms with Gasteiger partial charge in [-0.25, -0.2) is 14.8 Å². The van der Waals surface area contributed by atoms with E-state index in [1.54, 1.807) is 12.4 Å². The van der Waals surface area contributed by atoms with Gasteiger partial charge in [-0.1, -0.05) is 11.8 Å². The monoisotopic (exact) mass is 465 g/mol. The molecule has 2 aromatic carbocycles. The first-order valence-corrected chi connectivity index (χ1v) is 11.1. The molecule has 0 radical (unpaired) electrons. The summed E-state index contributed by atoms with van der Waals surface area (Å²) < 4.78 is 11.2. The van der Waals surface area contributed by atoms with Crippen LogP contribution in [0.25, 0.3) is 10.9 Å². The van der Waals surface area contributed by atoms with E-state index in [0.717, 1.165) is 33.5 Å². The molecule has 1 amide bonds. The van der Waals surface area contributed by atoms with Crippen molar-refractivity contribution in [3.05, 3.63) is 78.4 Å². The molecule has 3 heterocycles. The smallest absolute Gasteiger partial charge is 0.409 e. The van der Waals surface area contributed by atoms with Gasteiger partial charge in [-0.3, -0.25) is 4.98 Å². The van der Waals surface area contributed by atoms with Gasteiger partial charge in [-0.15, -0.1) is 0 Å². The first-order valence-electron chi connectivity index (χ1n) is 11.1. The Bertz CT molecular complexity index is 1470. The van der Waals surface area contributed by atoms with E-state index in [1.807, 2.05) is 69.3 Å². The number of nitrogens with one attached hydrogen (secondary N) is 2.